The Morgan fingerprint density at radius 2 is 1.75 bits per heavy atom. The molecular formula is C25H31BrN4O2. The van der Waals surface area contributed by atoms with Gasteiger partial charge >= 0.3 is 0 Å². The van der Waals surface area contributed by atoms with Crippen LogP contribution in [-0.2, 0) is 11.3 Å². The number of piperidine rings is 2. The number of carbonyl (C=O) groups is 1. The third kappa shape index (κ3) is 4.25. The van der Waals surface area contributed by atoms with E-state index in [0.29, 0.717) is 30.9 Å². The molecule has 0 bridgehead atoms. The molecule has 32 heavy (non-hydrogen) atoms. The van der Waals surface area contributed by atoms with E-state index in [1.807, 2.05) is 50.4 Å². The van der Waals surface area contributed by atoms with Gasteiger partial charge in [0.25, 0.3) is 5.56 Å². The van der Waals surface area contributed by atoms with Crippen molar-refractivity contribution in [2.45, 2.75) is 57.5 Å². The van der Waals surface area contributed by atoms with Gasteiger partial charge in [0.05, 0.1) is 11.0 Å². The molecule has 0 N–H and O–H groups in total. The number of fused-ring (bicyclic) bond motifs is 3. The predicted molar refractivity (Wildman–Crippen MR) is 131 cm³/mol. The van der Waals surface area contributed by atoms with E-state index in [-0.39, 0.29) is 11.5 Å². The molecule has 0 unspecified atom stereocenters. The maximum Gasteiger partial charge on any atom is 0.275 e. The van der Waals surface area contributed by atoms with Crippen LogP contribution in [0.3, 0.4) is 0 Å². The largest absolute Gasteiger partial charge is 0.343 e. The van der Waals surface area contributed by atoms with Gasteiger partial charge in [0.1, 0.15) is 5.52 Å². The Balaban J connectivity index is 1.23. The zero-order valence-corrected chi connectivity index (χ0v) is 20.1. The lowest BCUT2D eigenvalue weighted by Crippen LogP contribution is -2.48. The Morgan fingerprint density at radius 1 is 0.969 bits per heavy atom. The van der Waals surface area contributed by atoms with Crippen molar-refractivity contribution in [2.75, 3.05) is 26.2 Å². The molecule has 2 aliphatic heterocycles. The van der Waals surface area contributed by atoms with E-state index in [4.69, 9.17) is 0 Å². The first-order valence-corrected chi connectivity index (χ1v) is 12.7. The molecule has 1 amide bonds. The first-order valence-electron chi connectivity index (χ1n) is 11.9. The number of hydrogen-bond donors (Lipinski definition) is 0. The highest BCUT2D eigenvalue weighted by Crippen LogP contribution is 2.23. The van der Waals surface area contributed by atoms with Crippen molar-refractivity contribution in [3.8, 4) is 0 Å². The highest BCUT2D eigenvalue weighted by atomic mass is 79.9. The molecule has 2 saturated heterocycles. The summed E-state index contributed by atoms with van der Waals surface area (Å²) in [5.74, 6) is 0.226. The van der Waals surface area contributed by atoms with Crippen LogP contribution in [0.5, 0.6) is 0 Å². The van der Waals surface area contributed by atoms with Crippen molar-refractivity contribution >= 4 is 38.4 Å². The fourth-order valence-electron chi connectivity index (χ4n) is 5.46. The van der Waals surface area contributed by atoms with E-state index in [1.54, 1.807) is 0 Å². The SMILES string of the molecule is O=C(CCCn1c(=O)c2cccn2c2ccc(Br)cc21)N1CCC(N2CCCCC2)CC1. The predicted octanol–water partition coefficient (Wildman–Crippen LogP) is 4.27. The van der Waals surface area contributed by atoms with Crippen LogP contribution in [0.4, 0.5) is 0 Å². The number of halogens is 1. The van der Waals surface area contributed by atoms with Crippen molar-refractivity contribution in [2.24, 2.45) is 0 Å². The molecule has 6 nitrogen and oxygen atoms in total. The molecule has 0 radical (unpaired) electrons. The minimum atomic E-state index is -0.00426. The molecule has 7 heteroatoms. The third-order valence-electron chi connectivity index (χ3n) is 7.20. The normalized spacial score (nSPS) is 18.6. The summed E-state index contributed by atoms with van der Waals surface area (Å²) in [6.07, 6.45) is 9.27. The van der Waals surface area contributed by atoms with Gasteiger partial charge in [0.2, 0.25) is 5.91 Å². The van der Waals surface area contributed by atoms with Crippen LogP contribution in [0.15, 0.2) is 45.8 Å². The smallest absolute Gasteiger partial charge is 0.275 e. The van der Waals surface area contributed by atoms with E-state index in [1.165, 1.54) is 32.4 Å². The van der Waals surface area contributed by atoms with Gasteiger partial charge in [-0.1, -0.05) is 22.4 Å². The number of benzene rings is 1. The molecule has 0 spiro atoms. The van der Waals surface area contributed by atoms with Crippen molar-refractivity contribution < 1.29 is 4.79 Å². The Morgan fingerprint density at radius 3 is 2.53 bits per heavy atom. The van der Waals surface area contributed by atoms with Gasteiger partial charge in [0, 0.05) is 42.8 Å². The number of amides is 1. The van der Waals surface area contributed by atoms with Gasteiger partial charge < -0.3 is 18.8 Å². The molecule has 5 rings (SSSR count). The molecule has 3 aromatic rings. The zero-order valence-electron chi connectivity index (χ0n) is 18.5. The fourth-order valence-corrected chi connectivity index (χ4v) is 5.81. The van der Waals surface area contributed by atoms with E-state index < -0.39 is 0 Å². The molecule has 2 fully saturated rings. The second-order valence-electron chi connectivity index (χ2n) is 9.17. The van der Waals surface area contributed by atoms with Crippen LogP contribution >= 0.6 is 15.9 Å². The molecule has 0 aliphatic carbocycles. The van der Waals surface area contributed by atoms with Gasteiger partial charge in [-0.2, -0.15) is 0 Å². The van der Waals surface area contributed by atoms with Crippen LogP contribution in [0, 0.1) is 0 Å². The fraction of sp³-hybridized carbons (Fsp3) is 0.520. The summed E-state index contributed by atoms with van der Waals surface area (Å²) in [6, 6.07) is 10.4. The summed E-state index contributed by atoms with van der Waals surface area (Å²) < 4.78 is 4.71. The van der Waals surface area contributed by atoms with E-state index in [0.717, 1.165) is 41.4 Å². The number of nitrogens with zero attached hydrogens (tertiary/aromatic N) is 4. The van der Waals surface area contributed by atoms with E-state index in [9.17, 15) is 9.59 Å². The highest BCUT2D eigenvalue weighted by molar-refractivity contribution is 9.10. The van der Waals surface area contributed by atoms with E-state index in [2.05, 4.69) is 20.8 Å². The number of likely N-dealkylation sites (tertiary alicyclic amines) is 2. The number of hydrogen-bond acceptors (Lipinski definition) is 3. The van der Waals surface area contributed by atoms with Crippen LogP contribution < -0.4 is 5.56 Å². The average Bonchev–Trinajstić information content (AvgIpc) is 3.32. The van der Waals surface area contributed by atoms with Crippen LogP contribution in [0.2, 0.25) is 0 Å². The number of aryl methyl sites for hydroxylation is 1. The molecule has 1 aromatic carbocycles. The monoisotopic (exact) mass is 498 g/mol. The van der Waals surface area contributed by atoms with Gasteiger partial charge in [-0.25, -0.2) is 0 Å². The summed E-state index contributed by atoms with van der Waals surface area (Å²) in [5.41, 5.74) is 2.56. The maximum absolute atomic E-state index is 13.1. The minimum Gasteiger partial charge on any atom is -0.343 e. The molecule has 2 aliphatic rings. The lowest BCUT2D eigenvalue weighted by atomic mass is 9.99. The Kier molecular flexibility index (Phi) is 6.37. The minimum absolute atomic E-state index is 0.00426. The molecule has 0 atom stereocenters. The number of aromatic nitrogens is 2. The maximum atomic E-state index is 13.1. The Labute approximate surface area is 196 Å². The number of rotatable bonds is 5. The summed E-state index contributed by atoms with van der Waals surface area (Å²) in [7, 11) is 0. The Hall–Kier alpha value is -2.12. The third-order valence-corrected chi connectivity index (χ3v) is 7.69. The quantitative estimate of drug-likeness (QED) is 0.527. The first-order chi connectivity index (χ1) is 15.6. The summed E-state index contributed by atoms with van der Waals surface area (Å²) >= 11 is 3.53. The molecule has 170 valence electrons. The van der Waals surface area contributed by atoms with Crippen LogP contribution in [-0.4, -0.2) is 56.9 Å². The molecule has 0 saturated carbocycles. The van der Waals surface area contributed by atoms with Gasteiger partial charge in [-0.05, 0) is 75.5 Å². The lowest BCUT2D eigenvalue weighted by Gasteiger charge is -2.40. The second kappa shape index (κ2) is 9.40. The van der Waals surface area contributed by atoms with Crippen LogP contribution in [0.1, 0.15) is 44.9 Å². The van der Waals surface area contributed by atoms with Gasteiger partial charge in [-0.3, -0.25) is 9.59 Å². The molecule has 4 heterocycles. The average molecular weight is 499 g/mol. The standard InChI is InChI=1S/C25H31BrN4O2/c26-19-8-9-21-23(18-19)30(25(32)22-6-4-14-29(21)22)15-5-7-24(31)28-16-10-20(11-17-28)27-12-2-1-3-13-27/h4,6,8-9,14,18,20H,1-3,5,7,10-13,15-17H2. The van der Waals surface area contributed by atoms with Crippen molar-refractivity contribution in [1.82, 2.24) is 18.8 Å². The van der Waals surface area contributed by atoms with Crippen LogP contribution in [0.25, 0.3) is 16.6 Å². The zero-order chi connectivity index (χ0) is 22.1. The molecular weight excluding hydrogens is 468 g/mol. The van der Waals surface area contributed by atoms with E-state index >= 15 is 0 Å². The van der Waals surface area contributed by atoms with Crippen molar-refractivity contribution in [3.63, 3.8) is 0 Å². The van der Waals surface area contributed by atoms with Crippen molar-refractivity contribution in [1.29, 1.82) is 0 Å². The summed E-state index contributed by atoms with van der Waals surface area (Å²) in [6.45, 7) is 4.73. The summed E-state index contributed by atoms with van der Waals surface area (Å²) in [4.78, 5) is 30.6. The Bertz CT molecular complexity index is 1170. The first kappa shape index (κ1) is 21.7. The number of carbonyl (C=O) groups excluding carboxylic acids is 1. The molecule has 2 aromatic heterocycles. The van der Waals surface area contributed by atoms with Gasteiger partial charge in [-0.15, -0.1) is 0 Å². The van der Waals surface area contributed by atoms with Crippen molar-refractivity contribution in [3.05, 3.63) is 51.4 Å². The highest BCUT2D eigenvalue weighted by Gasteiger charge is 2.27. The van der Waals surface area contributed by atoms with Gasteiger partial charge in [0.15, 0.2) is 0 Å². The second-order valence-corrected chi connectivity index (χ2v) is 10.1. The summed E-state index contributed by atoms with van der Waals surface area (Å²) in [5, 5.41) is 0. The lowest BCUT2D eigenvalue weighted by molar-refractivity contribution is -0.133. The topological polar surface area (TPSA) is 50.0 Å².